The highest BCUT2D eigenvalue weighted by molar-refractivity contribution is 6.36. The van der Waals surface area contributed by atoms with Crippen LogP contribution in [0.25, 0.3) is 0 Å². The predicted molar refractivity (Wildman–Crippen MR) is 104 cm³/mol. The maximum atomic E-state index is 13.3. The average Bonchev–Trinajstić information content (AvgIpc) is 2.63. The summed E-state index contributed by atoms with van der Waals surface area (Å²) in [5.74, 6) is -0.352. The third kappa shape index (κ3) is 4.43. The van der Waals surface area contributed by atoms with Gasteiger partial charge in [-0.2, -0.15) is 13.2 Å². The van der Waals surface area contributed by atoms with Crippen molar-refractivity contribution >= 4 is 46.4 Å². The Morgan fingerprint density at radius 1 is 1.04 bits per heavy atom. The van der Waals surface area contributed by atoms with Crippen LogP contribution in [-0.2, 0) is 12.7 Å². The van der Waals surface area contributed by atoms with Gasteiger partial charge in [-0.05, 0) is 23.8 Å². The number of aromatic nitrogens is 2. The summed E-state index contributed by atoms with van der Waals surface area (Å²) in [6, 6.07) is 13.1. The standard InChI is InChI=1S/C18H11Cl3F3N3O/c19-11-6-7-13(12(20)8-11)25-17-26-15(18(22,23)24)14(21)16(28)27(17)9-10-4-2-1-3-5-10/h1-8H,9H2,(H,25,26). The van der Waals surface area contributed by atoms with Gasteiger partial charge in [0.1, 0.15) is 5.02 Å². The quantitative estimate of drug-likeness (QED) is 0.531. The summed E-state index contributed by atoms with van der Waals surface area (Å²) in [6.07, 6.45) is -4.90. The van der Waals surface area contributed by atoms with E-state index in [0.29, 0.717) is 10.6 Å². The van der Waals surface area contributed by atoms with Gasteiger partial charge in [0.15, 0.2) is 5.69 Å². The van der Waals surface area contributed by atoms with Crippen molar-refractivity contribution in [3.8, 4) is 0 Å². The number of benzene rings is 2. The lowest BCUT2D eigenvalue weighted by atomic mass is 10.2. The van der Waals surface area contributed by atoms with Gasteiger partial charge in [-0.15, -0.1) is 0 Å². The molecule has 28 heavy (non-hydrogen) atoms. The van der Waals surface area contributed by atoms with E-state index in [2.05, 4.69) is 10.3 Å². The van der Waals surface area contributed by atoms with Gasteiger partial charge in [0.25, 0.3) is 5.56 Å². The van der Waals surface area contributed by atoms with Crippen molar-refractivity contribution in [3.63, 3.8) is 0 Å². The zero-order chi connectivity index (χ0) is 20.5. The number of nitrogens with zero attached hydrogens (tertiary/aromatic N) is 2. The second-order valence-electron chi connectivity index (χ2n) is 5.72. The number of nitrogens with one attached hydrogen (secondary N) is 1. The summed E-state index contributed by atoms with van der Waals surface area (Å²) in [5.41, 5.74) is -1.60. The Hall–Kier alpha value is -2.22. The first kappa shape index (κ1) is 20.5. The molecule has 3 aromatic rings. The van der Waals surface area contributed by atoms with Crippen LogP contribution in [0.3, 0.4) is 0 Å². The van der Waals surface area contributed by atoms with Gasteiger partial charge in [0, 0.05) is 5.02 Å². The molecule has 0 amide bonds. The molecule has 10 heteroatoms. The normalized spacial score (nSPS) is 11.5. The van der Waals surface area contributed by atoms with Gasteiger partial charge in [-0.3, -0.25) is 9.36 Å². The Labute approximate surface area is 172 Å². The van der Waals surface area contributed by atoms with E-state index in [0.717, 1.165) is 4.57 Å². The van der Waals surface area contributed by atoms with Gasteiger partial charge in [0.05, 0.1) is 17.3 Å². The van der Waals surface area contributed by atoms with Crippen molar-refractivity contribution in [1.29, 1.82) is 0 Å². The van der Waals surface area contributed by atoms with E-state index in [9.17, 15) is 18.0 Å². The zero-order valence-electron chi connectivity index (χ0n) is 13.9. The minimum absolute atomic E-state index is 0.0436. The molecule has 0 fully saturated rings. The smallest absolute Gasteiger partial charge is 0.324 e. The highest BCUT2D eigenvalue weighted by Crippen LogP contribution is 2.34. The van der Waals surface area contributed by atoms with Crippen LogP contribution in [0.5, 0.6) is 0 Å². The molecule has 2 aromatic carbocycles. The molecule has 0 bridgehead atoms. The topological polar surface area (TPSA) is 46.9 Å². The molecule has 146 valence electrons. The van der Waals surface area contributed by atoms with Gasteiger partial charge in [-0.1, -0.05) is 65.1 Å². The maximum absolute atomic E-state index is 13.3. The van der Waals surface area contributed by atoms with Crippen LogP contribution < -0.4 is 10.9 Å². The molecule has 0 saturated carbocycles. The molecular formula is C18H11Cl3F3N3O. The van der Waals surface area contributed by atoms with Crippen LogP contribution in [-0.4, -0.2) is 9.55 Å². The fourth-order valence-electron chi connectivity index (χ4n) is 2.44. The average molecular weight is 449 g/mol. The number of anilines is 2. The molecule has 1 aromatic heterocycles. The molecule has 1 heterocycles. The Morgan fingerprint density at radius 2 is 1.71 bits per heavy atom. The molecule has 0 atom stereocenters. The second kappa shape index (κ2) is 8.03. The Balaban J connectivity index is 2.16. The van der Waals surface area contributed by atoms with Crippen LogP contribution in [0, 0.1) is 0 Å². The van der Waals surface area contributed by atoms with Crippen LogP contribution >= 0.6 is 34.8 Å². The first-order chi connectivity index (χ1) is 13.2. The lowest BCUT2D eigenvalue weighted by Gasteiger charge is -2.18. The van der Waals surface area contributed by atoms with Gasteiger partial charge >= 0.3 is 6.18 Å². The number of alkyl halides is 3. The molecule has 0 radical (unpaired) electrons. The SMILES string of the molecule is O=c1c(Cl)c(C(F)(F)F)nc(Nc2ccc(Cl)cc2Cl)n1Cc1ccccc1. The van der Waals surface area contributed by atoms with Crippen molar-refractivity contribution in [2.24, 2.45) is 0 Å². The third-order valence-corrected chi connectivity index (χ3v) is 4.63. The number of halogens is 6. The van der Waals surface area contributed by atoms with E-state index in [1.807, 2.05) is 0 Å². The first-order valence-corrected chi connectivity index (χ1v) is 8.93. The lowest BCUT2D eigenvalue weighted by molar-refractivity contribution is -0.141. The van der Waals surface area contributed by atoms with E-state index in [4.69, 9.17) is 34.8 Å². The largest absolute Gasteiger partial charge is 0.435 e. The highest BCUT2D eigenvalue weighted by Gasteiger charge is 2.38. The monoisotopic (exact) mass is 447 g/mol. The molecule has 0 aliphatic carbocycles. The Kier molecular flexibility index (Phi) is 5.88. The van der Waals surface area contributed by atoms with E-state index >= 15 is 0 Å². The number of hydrogen-bond donors (Lipinski definition) is 1. The Bertz CT molecular complexity index is 1070. The molecule has 3 rings (SSSR count). The lowest BCUT2D eigenvalue weighted by Crippen LogP contribution is -2.29. The first-order valence-electron chi connectivity index (χ1n) is 7.80. The number of hydrogen-bond acceptors (Lipinski definition) is 3. The molecule has 0 spiro atoms. The van der Waals surface area contributed by atoms with E-state index in [1.54, 1.807) is 30.3 Å². The van der Waals surface area contributed by atoms with Crippen LogP contribution in [0.4, 0.5) is 24.8 Å². The molecule has 0 saturated heterocycles. The summed E-state index contributed by atoms with van der Waals surface area (Å²) in [4.78, 5) is 16.2. The van der Waals surface area contributed by atoms with E-state index < -0.39 is 22.5 Å². The van der Waals surface area contributed by atoms with Crippen molar-refractivity contribution in [3.05, 3.63) is 85.2 Å². The predicted octanol–water partition coefficient (Wildman–Crippen LogP) is 6.01. The third-order valence-electron chi connectivity index (χ3n) is 3.74. The molecule has 0 aliphatic heterocycles. The fraction of sp³-hybridized carbons (Fsp3) is 0.111. The van der Waals surface area contributed by atoms with E-state index in [-0.39, 0.29) is 23.2 Å². The summed E-state index contributed by atoms with van der Waals surface area (Å²) >= 11 is 17.6. The molecule has 4 nitrogen and oxygen atoms in total. The van der Waals surface area contributed by atoms with Crippen LogP contribution in [0.2, 0.25) is 15.1 Å². The summed E-state index contributed by atoms with van der Waals surface area (Å²) in [5, 5.41) is 2.16. The molecule has 1 N–H and O–H groups in total. The minimum atomic E-state index is -4.90. The van der Waals surface area contributed by atoms with Crippen molar-refractivity contribution < 1.29 is 13.2 Å². The minimum Gasteiger partial charge on any atom is -0.324 e. The van der Waals surface area contributed by atoms with Crippen molar-refractivity contribution in [1.82, 2.24) is 9.55 Å². The van der Waals surface area contributed by atoms with Gasteiger partial charge in [0.2, 0.25) is 5.95 Å². The number of rotatable bonds is 4. The van der Waals surface area contributed by atoms with Crippen LogP contribution in [0.1, 0.15) is 11.3 Å². The van der Waals surface area contributed by atoms with Gasteiger partial charge in [-0.25, -0.2) is 4.98 Å². The molecule has 0 unspecified atom stereocenters. The summed E-state index contributed by atoms with van der Waals surface area (Å²) < 4.78 is 40.8. The maximum Gasteiger partial charge on any atom is 0.435 e. The van der Waals surface area contributed by atoms with E-state index in [1.165, 1.54) is 18.2 Å². The highest BCUT2D eigenvalue weighted by atomic mass is 35.5. The molecule has 0 aliphatic rings. The van der Waals surface area contributed by atoms with Crippen molar-refractivity contribution in [2.75, 3.05) is 5.32 Å². The fourth-order valence-corrected chi connectivity index (χ4v) is 3.15. The molecular weight excluding hydrogens is 438 g/mol. The summed E-state index contributed by atoms with van der Waals surface area (Å²) in [7, 11) is 0. The van der Waals surface area contributed by atoms with Crippen molar-refractivity contribution in [2.45, 2.75) is 12.7 Å². The second-order valence-corrected chi connectivity index (χ2v) is 6.94. The Morgan fingerprint density at radius 3 is 2.32 bits per heavy atom. The van der Waals surface area contributed by atoms with Gasteiger partial charge < -0.3 is 5.32 Å². The van der Waals surface area contributed by atoms with Crippen LogP contribution in [0.15, 0.2) is 53.3 Å². The zero-order valence-corrected chi connectivity index (χ0v) is 16.2. The summed E-state index contributed by atoms with van der Waals surface area (Å²) in [6.45, 7) is -0.0436.